The number of guanidine groups is 1. The summed E-state index contributed by atoms with van der Waals surface area (Å²) in [5, 5.41) is 11.4. The van der Waals surface area contributed by atoms with Crippen LogP contribution >= 0.6 is 47.3 Å². The Morgan fingerprint density at radius 1 is 1.33 bits per heavy atom. The lowest BCUT2D eigenvalue weighted by atomic mass is 10.1. The Bertz CT molecular complexity index is 746. The van der Waals surface area contributed by atoms with E-state index in [2.05, 4.69) is 32.7 Å². The van der Waals surface area contributed by atoms with Gasteiger partial charge in [0.25, 0.3) is 0 Å². The van der Waals surface area contributed by atoms with Gasteiger partial charge in [0.15, 0.2) is 5.96 Å². The number of aliphatic imine (C=N–C) groups is 1. The van der Waals surface area contributed by atoms with Gasteiger partial charge < -0.3 is 15.2 Å². The summed E-state index contributed by atoms with van der Waals surface area (Å²) < 4.78 is 5.63. The number of hydrogen-bond acceptors (Lipinski definition) is 5. The van der Waals surface area contributed by atoms with Crippen LogP contribution in [0, 0.1) is 0 Å². The molecule has 0 spiro atoms. The van der Waals surface area contributed by atoms with Gasteiger partial charge in [-0.1, -0.05) is 16.8 Å². The molecule has 27 heavy (non-hydrogen) atoms. The highest BCUT2D eigenvalue weighted by Crippen LogP contribution is 2.36. The molecule has 1 fully saturated rings. The van der Waals surface area contributed by atoms with Crippen molar-refractivity contribution in [2.45, 2.75) is 30.9 Å². The number of halogens is 2. The maximum absolute atomic E-state index is 5.90. The van der Waals surface area contributed by atoms with E-state index in [1.54, 1.807) is 7.05 Å². The molecule has 9 heteroatoms. The summed E-state index contributed by atoms with van der Waals surface area (Å²) in [6.07, 6.45) is 3.17. The summed E-state index contributed by atoms with van der Waals surface area (Å²) in [4.78, 5) is 8.71. The predicted molar refractivity (Wildman–Crippen MR) is 123 cm³/mol. The fraction of sp³-hybridized carbons (Fsp3) is 0.500. The number of nitrogens with one attached hydrogen (secondary N) is 2. The third kappa shape index (κ3) is 6.53. The molecule has 0 amide bonds. The lowest BCUT2D eigenvalue weighted by Crippen LogP contribution is -2.44. The van der Waals surface area contributed by atoms with E-state index in [1.165, 1.54) is 18.6 Å². The van der Waals surface area contributed by atoms with Crippen LogP contribution in [-0.2, 0) is 6.42 Å². The molecule has 0 bridgehead atoms. The molecular weight excluding hydrogens is 497 g/mol. The Labute approximate surface area is 186 Å². The molecule has 2 N–H and O–H groups in total. The molecule has 1 aromatic heterocycles. The zero-order valence-electron chi connectivity index (χ0n) is 15.5. The fourth-order valence-electron chi connectivity index (χ4n) is 2.83. The summed E-state index contributed by atoms with van der Waals surface area (Å²) in [6.45, 7) is 3.89. The van der Waals surface area contributed by atoms with Crippen molar-refractivity contribution in [3.63, 3.8) is 0 Å². The van der Waals surface area contributed by atoms with Crippen molar-refractivity contribution in [1.82, 2.24) is 20.8 Å². The third-order valence-corrected chi connectivity index (χ3v) is 6.15. The lowest BCUT2D eigenvalue weighted by Gasteiger charge is -2.24. The Hall–Kier alpha value is -1.000. The van der Waals surface area contributed by atoms with Gasteiger partial charge in [-0.3, -0.25) is 4.99 Å². The first kappa shape index (κ1) is 22.3. The predicted octanol–water partition coefficient (Wildman–Crippen LogP) is 4.00. The van der Waals surface area contributed by atoms with E-state index < -0.39 is 0 Å². The molecule has 1 unspecified atom stereocenters. The Kier molecular flexibility index (Phi) is 8.68. The van der Waals surface area contributed by atoms with Crippen molar-refractivity contribution < 1.29 is 4.52 Å². The van der Waals surface area contributed by atoms with E-state index in [-0.39, 0.29) is 24.0 Å². The van der Waals surface area contributed by atoms with Gasteiger partial charge in [0, 0.05) is 41.9 Å². The van der Waals surface area contributed by atoms with E-state index in [0.717, 1.165) is 18.1 Å². The molecule has 2 heterocycles. The lowest BCUT2D eigenvalue weighted by molar-refractivity contribution is 0.378. The Morgan fingerprint density at radius 2 is 2.11 bits per heavy atom. The maximum atomic E-state index is 5.90. The molecule has 1 aromatic carbocycles. The number of aromatic nitrogens is 2. The van der Waals surface area contributed by atoms with Gasteiger partial charge in [-0.2, -0.15) is 16.7 Å². The van der Waals surface area contributed by atoms with E-state index in [1.807, 2.05) is 36.0 Å². The topological polar surface area (TPSA) is 75.3 Å². The molecule has 3 rings (SSSR count). The number of nitrogens with zero attached hydrogens (tertiary/aromatic N) is 3. The normalized spacial score (nSPS) is 19.6. The third-order valence-electron chi connectivity index (χ3n) is 4.36. The van der Waals surface area contributed by atoms with Gasteiger partial charge in [0.1, 0.15) is 0 Å². The molecule has 0 aliphatic carbocycles. The van der Waals surface area contributed by atoms with Crippen molar-refractivity contribution in [2.24, 2.45) is 4.99 Å². The van der Waals surface area contributed by atoms with Gasteiger partial charge in [-0.05, 0) is 49.8 Å². The Morgan fingerprint density at radius 3 is 2.78 bits per heavy atom. The Balaban J connectivity index is 0.00000261. The summed E-state index contributed by atoms with van der Waals surface area (Å²) in [7, 11) is 1.78. The van der Waals surface area contributed by atoms with E-state index in [9.17, 15) is 0 Å². The molecule has 0 radical (unpaired) electrons. The van der Waals surface area contributed by atoms with Gasteiger partial charge in [0.05, 0.1) is 0 Å². The number of rotatable bonds is 6. The van der Waals surface area contributed by atoms with Crippen LogP contribution in [0.1, 0.15) is 25.7 Å². The zero-order chi connectivity index (χ0) is 18.4. The van der Waals surface area contributed by atoms with Crippen LogP contribution in [0.3, 0.4) is 0 Å². The van der Waals surface area contributed by atoms with Crippen LogP contribution in [0.2, 0.25) is 5.02 Å². The summed E-state index contributed by atoms with van der Waals surface area (Å²) >= 11 is 7.93. The molecule has 1 aliphatic heterocycles. The number of thioether (sulfide) groups is 1. The fourth-order valence-corrected chi connectivity index (χ4v) is 4.20. The van der Waals surface area contributed by atoms with Crippen molar-refractivity contribution in [2.75, 3.05) is 25.9 Å². The molecule has 2 aromatic rings. The van der Waals surface area contributed by atoms with Crippen molar-refractivity contribution in [3.05, 3.63) is 35.2 Å². The largest absolute Gasteiger partial charge is 0.356 e. The summed E-state index contributed by atoms with van der Waals surface area (Å²) in [6, 6.07) is 7.38. The van der Waals surface area contributed by atoms with Gasteiger partial charge >= 0.3 is 0 Å². The number of hydrogen-bond donors (Lipinski definition) is 2. The highest BCUT2D eigenvalue weighted by Gasteiger charge is 2.29. The first-order valence-electron chi connectivity index (χ1n) is 8.75. The quantitative estimate of drug-likeness (QED) is 0.340. The standard InChI is InChI=1S/C18H24ClN5OS.HI/c1-18(9-3-11-26-18)12-22-17(20-2)21-10-8-15-23-16(24-25-15)13-4-6-14(19)7-5-13;/h4-7H,3,8-12H2,1-2H3,(H2,20,21,22);1H. The average Bonchev–Trinajstić information content (AvgIpc) is 3.28. The minimum atomic E-state index is 0. The number of benzene rings is 1. The second kappa shape index (κ2) is 10.5. The zero-order valence-corrected chi connectivity index (χ0v) is 19.4. The van der Waals surface area contributed by atoms with Crippen molar-refractivity contribution >= 4 is 53.3 Å². The van der Waals surface area contributed by atoms with Crippen LogP contribution in [0.25, 0.3) is 11.4 Å². The van der Waals surface area contributed by atoms with Gasteiger partial charge in [0.2, 0.25) is 11.7 Å². The second-order valence-corrected chi connectivity index (χ2v) is 8.64. The van der Waals surface area contributed by atoms with Crippen LogP contribution in [0.5, 0.6) is 0 Å². The van der Waals surface area contributed by atoms with Crippen molar-refractivity contribution in [1.29, 1.82) is 0 Å². The average molecular weight is 522 g/mol. The van der Waals surface area contributed by atoms with Gasteiger partial charge in [-0.25, -0.2) is 0 Å². The summed E-state index contributed by atoms with van der Waals surface area (Å²) in [5.74, 6) is 3.22. The first-order chi connectivity index (χ1) is 12.6. The SMILES string of the molecule is CN=C(NCCc1nc(-c2ccc(Cl)cc2)no1)NCC1(C)CCCS1.I. The van der Waals surface area contributed by atoms with E-state index in [4.69, 9.17) is 16.1 Å². The van der Waals surface area contributed by atoms with Crippen LogP contribution in [-0.4, -0.2) is 46.7 Å². The monoisotopic (exact) mass is 521 g/mol. The molecular formula is C18H25ClIN5OS. The highest BCUT2D eigenvalue weighted by atomic mass is 127. The van der Waals surface area contributed by atoms with E-state index in [0.29, 0.717) is 34.5 Å². The molecule has 148 valence electrons. The molecule has 1 aliphatic rings. The first-order valence-corrected chi connectivity index (χ1v) is 10.1. The van der Waals surface area contributed by atoms with Gasteiger partial charge in [-0.15, -0.1) is 24.0 Å². The van der Waals surface area contributed by atoms with Crippen molar-refractivity contribution in [3.8, 4) is 11.4 Å². The highest BCUT2D eigenvalue weighted by molar-refractivity contribution is 14.0. The van der Waals surface area contributed by atoms with Crippen LogP contribution < -0.4 is 10.6 Å². The maximum Gasteiger partial charge on any atom is 0.228 e. The van der Waals surface area contributed by atoms with E-state index >= 15 is 0 Å². The van der Waals surface area contributed by atoms with Crippen LogP contribution in [0.15, 0.2) is 33.8 Å². The molecule has 0 saturated carbocycles. The smallest absolute Gasteiger partial charge is 0.228 e. The molecule has 1 atom stereocenters. The second-order valence-electron chi connectivity index (χ2n) is 6.52. The minimum Gasteiger partial charge on any atom is -0.356 e. The minimum absolute atomic E-state index is 0. The molecule has 1 saturated heterocycles. The molecule has 6 nitrogen and oxygen atoms in total. The summed E-state index contributed by atoms with van der Waals surface area (Å²) in [5.41, 5.74) is 0.886. The van der Waals surface area contributed by atoms with Crippen LogP contribution in [0.4, 0.5) is 0 Å².